The largest absolute Gasteiger partial charge is 0.478 e. The molecular formula is C15H17NO3. The fraction of sp³-hybridized carbons (Fsp3) is 0.467. The third-order valence-electron chi connectivity index (χ3n) is 3.87. The van der Waals surface area contributed by atoms with Crippen LogP contribution in [-0.4, -0.2) is 16.1 Å². The fourth-order valence-electron chi connectivity index (χ4n) is 2.83. The van der Waals surface area contributed by atoms with Gasteiger partial charge in [-0.15, -0.1) is 0 Å². The standard InChI is InChI=1S/C15H17NO3/c17-15(18)11-6-7-13-12(9-11)16-14(19-13)8-10-4-2-1-3-5-10/h6-7,9-10H,1-5,8H2,(H,17,18). The van der Waals surface area contributed by atoms with E-state index < -0.39 is 5.97 Å². The lowest BCUT2D eigenvalue weighted by atomic mass is 9.87. The zero-order valence-corrected chi connectivity index (χ0v) is 10.8. The van der Waals surface area contributed by atoms with Gasteiger partial charge in [-0.3, -0.25) is 0 Å². The van der Waals surface area contributed by atoms with Gasteiger partial charge >= 0.3 is 5.97 Å². The summed E-state index contributed by atoms with van der Waals surface area (Å²) in [6, 6.07) is 4.82. The first-order valence-corrected chi connectivity index (χ1v) is 6.85. The van der Waals surface area contributed by atoms with E-state index in [0.29, 0.717) is 17.0 Å². The summed E-state index contributed by atoms with van der Waals surface area (Å²) in [5, 5.41) is 8.95. The second-order valence-electron chi connectivity index (χ2n) is 5.30. The maximum atomic E-state index is 10.9. The number of carboxylic acid groups (broad SMARTS) is 1. The number of carboxylic acids is 1. The molecule has 1 aromatic carbocycles. The Morgan fingerprint density at radius 2 is 2.11 bits per heavy atom. The minimum absolute atomic E-state index is 0.255. The van der Waals surface area contributed by atoms with Gasteiger partial charge in [-0.2, -0.15) is 0 Å². The van der Waals surface area contributed by atoms with Gasteiger partial charge in [0.05, 0.1) is 5.56 Å². The molecule has 1 saturated carbocycles. The lowest BCUT2D eigenvalue weighted by molar-refractivity contribution is 0.0697. The van der Waals surface area contributed by atoms with Crippen LogP contribution in [0.2, 0.25) is 0 Å². The number of aromatic carboxylic acids is 1. The molecule has 1 N–H and O–H groups in total. The molecule has 0 bridgehead atoms. The van der Waals surface area contributed by atoms with Gasteiger partial charge < -0.3 is 9.52 Å². The third-order valence-corrected chi connectivity index (χ3v) is 3.87. The molecule has 19 heavy (non-hydrogen) atoms. The number of carbonyl (C=O) groups is 1. The average molecular weight is 259 g/mol. The van der Waals surface area contributed by atoms with Crippen LogP contribution in [0.3, 0.4) is 0 Å². The Morgan fingerprint density at radius 1 is 1.32 bits per heavy atom. The van der Waals surface area contributed by atoms with Crippen molar-refractivity contribution >= 4 is 17.1 Å². The molecule has 2 aromatic rings. The van der Waals surface area contributed by atoms with Crippen LogP contribution in [0.4, 0.5) is 0 Å². The van der Waals surface area contributed by atoms with E-state index in [2.05, 4.69) is 4.98 Å². The fourth-order valence-corrected chi connectivity index (χ4v) is 2.83. The Kier molecular flexibility index (Phi) is 3.23. The van der Waals surface area contributed by atoms with Crippen molar-refractivity contribution in [3.05, 3.63) is 29.7 Å². The van der Waals surface area contributed by atoms with Gasteiger partial charge in [0, 0.05) is 6.42 Å². The molecule has 0 spiro atoms. The van der Waals surface area contributed by atoms with E-state index in [-0.39, 0.29) is 5.56 Å². The SMILES string of the molecule is O=C(O)c1ccc2oc(CC3CCCCC3)nc2c1. The monoisotopic (exact) mass is 259 g/mol. The molecule has 1 aliphatic carbocycles. The molecule has 4 heteroatoms. The summed E-state index contributed by atoms with van der Waals surface area (Å²) in [7, 11) is 0. The molecular weight excluding hydrogens is 242 g/mol. The Labute approximate surface area is 111 Å². The first-order chi connectivity index (χ1) is 9.22. The quantitative estimate of drug-likeness (QED) is 0.913. The number of hydrogen-bond donors (Lipinski definition) is 1. The molecule has 0 atom stereocenters. The van der Waals surface area contributed by atoms with Crippen LogP contribution in [0.25, 0.3) is 11.1 Å². The number of rotatable bonds is 3. The van der Waals surface area contributed by atoms with E-state index in [9.17, 15) is 4.79 Å². The molecule has 3 rings (SSSR count). The summed E-state index contributed by atoms with van der Waals surface area (Å²) in [5.74, 6) is 0.476. The van der Waals surface area contributed by atoms with E-state index in [1.54, 1.807) is 18.2 Å². The first-order valence-electron chi connectivity index (χ1n) is 6.85. The van der Waals surface area contributed by atoms with Crippen LogP contribution in [0.15, 0.2) is 22.6 Å². The van der Waals surface area contributed by atoms with Gasteiger partial charge in [0.1, 0.15) is 5.52 Å². The molecule has 0 aliphatic heterocycles. The Morgan fingerprint density at radius 3 is 2.84 bits per heavy atom. The molecule has 1 heterocycles. The van der Waals surface area contributed by atoms with Crippen molar-refractivity contribution in [2.24, 2.45) is 5.92 Å². The van der Waals surface area contributed by atoms with Gasteiger partial charge in [0.2, 0.25) is 0 Å². The number of benzene rings is 1. The van der Waals surface area contributed by atoms with Crippen LogP contribution < -0.4 is 0 Å². The molecule has 1 fully saturated rings. The molecule has 1 aromatic heterocycles. The van der Waals surface area contributed by atoms with E-state index >= 15 is 0 Å². The van der Waals surface area contributed by atoms with Crippen molar-refractivity contribution in [2.75, 3.05) is 0 Å². The second kappa shape index (κ2) is 5.03. The molecule has 100 valence electrons. The van der Waals surface area contributed by atoms with E-state index in [0.717, 1.165) is 12.3 Å². The highest BCUT2D eigenvalue weighted by atomic mass is 16.4. The molecule has 0 radical (unpaired) electrons. The molecule has 4 nitrogen and oxygen atoms in total. The maximum Gasteiger partial charge on any atom is 0.335 e. The van der Waals surface area contributed by atoms with Crippen LogP contribution in [0.1, 0.15) is 48.4 Å². The lowest BCUT2D eigenvalue weighted by Crippen LogP contribution is -2.09. The predicted octanol–water partition coefficient (Wildman–Crippen LogP) is 3.65. The number of nitrogens with zero attached hydrogens (tertiary/aromatic N) is 1. The van der Waals surface area contributed by atoms with Gasteiger partial charge in [0.15, 0.2) is 11.5 Å². The summed E-state index contributed by atoms with van der Waals surface area (Å²) in [4.78, 5) is 15.3. The highest BCUT2D eigenvalue weighted by Gasteiger charge is 2.17. The number of fused-ring (bicyclic) bond motifs is 1. The number of oxazole rings is 1. The zero-order valence-electron chi connectivity index (χ0n) is 10.8. The van der Waals surface area contributed by atoms with Crippen LogP contribution >= 0.6 is 0 Å². The van der Waals surface area contributed by atoms with Crippen molar-refractivity contribution in [1.29, 1.82) is 0 Å². The smallest absolute Gasteiger partial charge is 0.335 e. The minimum Gasteiger partial charge on any atom is -0.478 e. The van der Waals surface area contributed by atoms with E-state index in [1.165, 1.54) is 32.1 Å². The third kappa shape index (κ3) is 2.62. The van der Waals surface area contributed by atoms with E-state index in [4.69, 9.17) is 9.52 Å². The highest BCUT2D eigenvalue weighted by molar-refractivity contribution is 5.91. The second-order valence-corrected chi connectivity index (χ2v) is 5.30. The summed E-state index contributed by atoms with van der Waals surface area (Å²) in [6.45, 7) is 0. The minimum atomic E-state index is -0.932. The van der Waals surface area contributed by atoms with Crippen LogP contribution in [0, 0.1) is 5.92 Å². The zero-order chi connectivity index (χ0) is 13.2. The van der Waals surface area contributed by atoms with Crippen molar-refractivity contribution < 1.29 is 14.3 Å². The topological polar surface area (TPSA) is 63.3 Å². The van der Waals surface area contributed by atoms with E-state index in [1.807, 2.05) is 0 Å². The predicted molar refractivity (Wildman–Crippen MR) is 71.2 cm³/mol. The average Bonchev–Trinajstić information content (AvgIpc) is 2.80. The maximum absolute atomic E-state index is 10.9. The first kappa shape index (κ1) is 12.2. The summed E-state index contributed by atoms with van der Waals surface area (Å²) < 4.78 is 5.70. The van der Waals surface area contributed by atoms with Crippen LogP contribution in [0.5, 0.6) is 0 Å². The Bertz CT molecular complexity index is 596. The highest BCUT2D eigenvalue weighted by Crippen LogP contribution is 2.28. The van der Waals surface area contributed by atoms with Crippen LogP contribution in [-0.2, 0) is 6.42 Å². The molecule has 0 unspecified atom stereocenters. The van der Waals surface area contributed by atoms with Gasteiger partial charge in [0.25, 0.3) is 0 Å². The van der Waals surface area contributed by atoms with Gasteiger partial charge in [-0.25, -0.2) is 9.78 Å². The van der Waals surface area contributed by atoms with Gasteiger partial charge in [-0.05, 0) is 37.0 Å². The lowest BCUT2D eigenvalue weighted by Gasteiger charge is -2.19. The normalized spacial score (nSPS) is 16.8. The summed E-state index contributed by atoms with van der Waals surface area (Å²) >= 11 is 0. The Balaban J connectivity index is 1.82. The number of aromatic nitrogens is 1. The van der Waals surface area contributed by atoms with Crippen molar-refractivity contribution in [1.82, 2.24) is 4.98 Å². The molecule has 0 amide bonds. The molecule has 1 aliphatic rings. The van der Waals surface area contributed by atoms with Crippen molar-refractivity contribution in [2.45, 2.75) is 38.5 Å². The van der Waals surface area contributed by atoms with Gasteiger partial charge in [-0.1, -0.05) is 19.3 Å². The summed E-state index contributed by atoms with van der Waals surface area (Å²) in [5.41, 5.74) is 1.58. The molecule has 0 saturated heterocycles. The van der Waals surface area contributed by atoms with Crippen molar-refractivity contribution in [3.63, 3.8) is 0 Å². The number of hydrogen-bond acceptors (Lipinski definition) is 3. The summed E-state index contributed by atoms with van der Waals surface area (Å²) in [6.07, 6.45) is 7.31. The Hall–Kier alpha value is -1.84. The van der Waals surface area contributed by atoms with Crippen molar-refractivity contribution in [3.8, 4) is 0 Å².